The van der Waals surface area contributed by atoms with Gasteiger partial charge in [0, 0.05) is 7.05 Å². The van der Waals surface area contributed by atoms with Crippen LogP contribution in [0, 0.1) is 5.41 Å². The maximum Gasteiger partial charge on any atom is 0.352 e. The number of ether oxygens (including phenoxy) is 1. The number of fused-ring (bicyclic) bond motifs is 3. The van der Waals surface area contributed by atoms with Crippen LogP contribution in [0.2, 0.25) is 0 Å². The quantitative estimate of drug-likeness (QED) is 0.389. The number of nitrogens with one attached hydrogen (secondary N) is 1. The van der Waals surface area contributed by atoms with E-state index in [2.05, 4.69) is 25.9 Å². The van der Waals surface area contributed by atoms with Gasteiger partial charge in [-0.15, -0.1) is 0 Å². The summed E-state index contributed by atoms with van der Waals surface area (Å²) in [7, 11) is 1.60. The zero-order valence-corrected chi connectivity index (χ0v) is 21.6. The second-order valence-corrected chi connectivity index (χ2v) is 11.1. The van der Waals surface area contributed by atoms with Crippen LogP contribution < -0.4 is 16.1 Å². The fraction of sp³-hybridized carbons (Fsp3) is 0.370. The molecule has 0 saturated heterocycles. The molecule has 0 bridgehead atoms. The highest BCUT2D eigenvalue weighted by atomic mass is 16.5. The van der Waals surface area contributed by atoms with Crippen molar-refractivity contribution in [1.82, 2.24) is 28.5 Å². The van der Waals surface area contributed by atoms with Crippen LogP contribution in [0.5, 0.6) is 5.88 Å². The predicted molar refractivity (Wildman–Crippen MR) is 140 cm³/mol. The Morgan fingerprint density at radius 1 is 0.917 bits per heavy atom. The molecular formula is C27H32N6O3. The van der Waals surface area contributed by atoms with Crippen LogP contribution in [-0.4, -0.2) is 34.1 Å². The molecule has 3 heterocycles. The van der Waals surface area contributed by atoms with Gasteiger partial charge in [-0.2, -0.15) is 0 Å². The number of para-hydroxylation sites is 2. The first kappa shape index (κ1) is 23.7. The average Bonchev–Trinajstić information content (AvgIpc) is 3.37. The third-order valence-corrected chi connectivity index (χ3v) is 6.18. The van der Waals surface area contributed by atoms with Gasteiger partial charge in [-0.05, 0) is 43.4 Å². The lowest BCUT2D eigenvalue weighted by Crippen LogP contribution is -2.34. The van der Waals surface area contributed by atoms with Gasteiger partial charge in [0.15, 0.2) is 11.3 Å². The smallest absolute Gasteiger partial charge is 0.352 e. The average molecular weight is 489 g/mol. The number of aromatic nitrogens is 6. The van der Waals surface area contributed by atoms with E-state index in [-0.39, 0.29) is 12.0 Å². The molecule has 5 aromatic rings. The highest BCUT2D eigenvalue weighted by molar-refractivity contribution is 5.84. The molecule has 0 amide bonds. The van der Waals surface area contributed by atoms with E-state index in [1.54, 1.807) is 11.6 Å². The third kappa shape index (κ3) is 4.14. The van der Waals surface area contributed by atoms with Crippen molar-refractivity contribution in [1.29, 1.82) is 0 Å². The first-order chi connectivity index (χ1) is 17.0. The molecule has 0 saturated carbocycles. The summed E-state index contributed by atoms with van der Waals surface area (Å²) in [6.45, 7) is 10.7. The highest BCUT2D eigenvalue weighted by Crippen LogP contribution is 2.35. The van der Waals surface area contributed by atoms with Crippen molar-refractivity contribution in [2.75, 3.05) is 0 Å². The summed E-state index contributed by atoms with van der Waals surface area (Å²) < 4.78 is 12.2. The minimum atomic E-state index is -0.576. The Kier molecular flexibility index (Phi) is 5.46. The highest BCUT2D eigenvalue weighted by Gasteiger charge is 2.32. The van der Waals surface area contributed by atoms with Crippen LogP contribution in [-0.2, 0) is 13.6 Å². The van der Waals surface area contributed by atoms with Crippen LogP contribution in [0.25, 0.3) is 22.4 Å². The minimum Gasteiger partial charge on any atom is -0.470 e. The second-order valence-electron chi connectivity index (χ2n) is 11.1. The van der Waals surface area contributed by atoms with Gasteiger partial charge < -0.3 is 4.74 Å². The molecule has 0 aliphatic heterocycles. The van der Waals surface area contributed by atoms with Crippen molar-refractivity contribution >= 4 is 16.7 Å². The Balaban J connectivity index is 1.73. The van der Waals surface area contributed by atoms with E-state index >= 15 is 0 Å². The summed E-state index contributed by atoms with van der Waals surface area (Å²) in [5.41, 5.74) is 1.76. The Morgan fingerprint density at radius 2 is 1.58 bits per heavy atom. The third-order valence-electron chi connectivity index (χ3n) is 6.18. The van der Waals surface area contributed by atoms with Gasteiger partial charge in [-0.1, -0.05) is 63.2 Å². The van der Waals surface area contributed by atoms with E-state index in [0.717, 1.165) is 27.6 Å². The molecule has 36 heavy (non-hydrogen) atoms. The van der Waals surface area contributed by atoms with Gasteiger partial charge in [0.2, 0.25) is 5.88 Å². The molecular weight excluding hydrogens is 456 g/mol. The molecule has 0 aliphatic rings. The van der Waals surface area contributed by atoms with E-state index in [9.17, 15) is 9.59 Å². The van der Waals surface area contributed by atoms with Gasteiger partial charge in [0.25, 0.3) is 0 Å². The zero-order chi connectivity index (χ0) is 25.8. The Labute approximate surface area is 208 Å². The minimum absolute atomic E-state index is 0.00901. The second kappa shape index (κ2) is 8.29. The molecule has 3 aromatic heterocycles. The molecule has 9 nitrogen and oxygen atoms in total. The maximum absolute atomic E-state index is 13.7. The zero-order valence-electron chi connectivity index (χ0n) is 21.6. The van der Waals surface area contributed by atoms with Crippen molar-refractivity contribution < 1.29 is 4.74 Å². The maximum atomic E-state index is 13.7. The summed E-state index contributed by atoms with van der Waals surface area (Å²) in [5.74, 6) is 0.328. The lowest BCUT2D eigenvalue weighted by molar-refractivity contribution is 0.0572. The van der Waals surface area contributed by atoms with Crippen LogP contribution in [0.3, 0.4) is 0 Å². The fourth-order valence-electron chi connectivity index (χ4n) is 5.11. The number of aromatic amines is 1. The molecule has 1 N–H and O–H groups in total. The number of rotatable bonds is 6. The standard InChI is InChI=1S/C27H32N6O3/c1-26(2,3)17-27(4,5)36-23-21(22-28-19-14-10-11-15-20(19)33(22)29-23)32-24(34)30(6)31(25(32)35)16-18-12-8-7-9-13-18/h7-15,29H,16-17H2,1-6H3. The largest absolute Gasteiger partial charge is 0.470 e. The molecule has 5 rings (SSSR count). The summed E-state index contributed by atoms with van der Waals surface area (Å²) >= 11 is 0. The number of nitrogens with zero attached hydrogens (tertiary/aromatic N) is 5. The summed E-state index contributed by atoms with van der Waals surface area (Å²) in [5, 5.41) is 3.28. The van der Waals surface area contributed by atoms with Crippen molar-refractivity contribution in [3.8, 4) is 11.6 Å². The summed E-state index contributed by atoms with van der Waals surface area (Å²) in [6, 6.07) is 17.2. The first-order valence-electron chi connectivity index (χ1n) is 12.1. The summed E-state index contributed by atoms with van der Waals surface area (Å²) in [6.07, 6.45) is 0.753. The molecule has 0 atom stereocenters. The summed E-state index contributed by atoms with van der Waals surface area (Å²) in [4.78, 5) is 32.0. The van der Waals surface area contributed by atoms with Crippen molar-refractivity contribution in [3.63, 3.8) is 0 Å². The van der Waals surface area contributed by atoms with Crippen molar-refractivity contribution in [2.24, 2.45) is 12.5 Å². The van der Waals surface area contributed by atoms with Gasteiger partial charge in [-0.25, -0.2) is 33.0 Å². The Hall–Kier alpha value is -4.01. The monoisotopic (exact) mass is 488 g/mol. The molecule has 0 fully saturated rings. The van der Waals surface area contributed by atoms with Crippen molar-refractivity contribution in [2.45, 2.75) is 53.2 Å². The van der Waals surface area contributed by atoms with Crippen molar-refractivity contribution in [3.05, 3.63) is 81.1 Å². The fourth-order valence-corrected chi connectivity index (χ4v) is 5.11. The molecule has 2 aromatic carbocycles. The number of H-pyrrole nitrogens is 1. The predicted octanol–water partition coefficient (Wildman–Crippen LogP) is 4.11. The first-order valence-corrected chi connectivity index (χ1v) is 12.1. The lowest BCUT2D eigenvalue weighted by atomic mass is 9.84. The molecule has 0 aliphatic carbocycles. The normalized spacial score (nSPS) is 12.6. The van der Waals surface area contributed by atoms with Crippen LogP contribution in [0.1, 0.15) is 46.6 Å². The SMILES string of the molecule is Cn1c(=O)n(-c2c(OC(C)(C)CC(C)(C)C)[nH]n3c2nc2ccccc23)c(=O)n1Cc1ccccc1. The molecule has 9 heteroatoms. The van der Waals surface area contributed by atoms with E-state index < -0.39 is 17.0 Å². The van der Waals surface area contributed by atoms with Crippen LogP contribution in [0.15, 0.2) is 64.2 Å². The number of hydrogen-bond donors (Lipinski definition) is 1. The molecule has 188 valence electrons. The lowest BCUT2D eigenvalue weighted by Gasteiger charge is -2.32. The van der Waals surface area contributed by atoms with Gasteiger partial charge in [0.1, 0.15) is 5.60 Å². The van der Waals surface area contributed by atoms with Crippen LogP contribution >= 0.6 is 0 Å². The van der Waals surface area contributed by atoms with E-state index in [4.69, 9.17) is 9.72 Å². The number of hydrogen-bond acceptors (Lipinski definition) is 4. The van der Waals surface area contributed by atoms with Gasteiger partial charge in [0.05, 0.1) is 17.6 Å². The van der Waals surface area contributed by atoms with Crippen LogP contribution in [0.4, 0.5) is 0 Å². The molecule has 0 spiro atoms. The van der Waals surface area contributed by atoms with Gasteiger partial charge in [-0.3, -0.25) is 5.10 Å². The van der Waals surface area contributed by atoms with Gasteiger partial charge >= 0.3 is 11.4 Å². The number of imidazole rings is 1. The van der Waals surface area contributed by atoms with E-state index in [1.165, 1.54) is 9.36 Å². The molecule has 0 unspecified atom stereocenters. The molecule has 0 radical (unpaired) electrons. The topological polar surface area (TPSA) is 91.2 Å². The Bertz CT molecular complexity index is 1670. The van der Waals surface area contributed by atoms with E-state index in [0.29, 0.717) is 17.2 Å². The Morgan fingerprint density at radius 3 is 2.28 bits per heavy atom. The van der Waals surface area contributed by atoms with E-state index in [1.807, 2.05) is 68.4 Å². The number of benzene rings is 2.